The monoisotopic (exact) mass is 308 g/mol. The van der Waals surface area contributed by atoms with Gasteiger partial charge in [0, 0.05) is 24.3 Å². The summed E-state index contributed by atoms with van der Waals surface area (Å²) in [7, 11) is 0. The summed E-state index contributed by atoms with van der Waals surface area (Å²) in [4.78, 5) is 22.8. The van der Waals surface area contributed by atoms with Gasteiger partial charge < -0.3 is 5.32 Å². The van der Waals surface area contributed by atoms with Gasteiger partial charge in [-0.2, -0.15) is 0 Å². The van der Waals surface area contributed by atoms with Crippen molar-refractivity contribution in [1.29, 1.82) is 0 Å². The van der Waals surface area contributed by atoms with Crippen molar-refractivity contribution in [2.45, 2.75) is 0 Å². The van der Waals surface area contributed by atoms with Crippen LogP contribution in [0.2, 0.25) is 0 Å². The first-order chi connectivity index (χ1) is 11.1. The van der Waals surface area contributed by atoms with E-state index in [4.69, 9.17) is 0 Å². The van der Waals surface area contributed by atoms with E-state index >= 15 is 0 Å². The quantitative estimate of drug-likeness (QED) is 0.292. The van der Waals surface area contributed by atoms with Gasteiger partial charge in [-0.05, 0) is 17.2 Å². The minimum Gasteiger partial charge on any atom is -0.349 e. The maximum absolute atomic E-state index is 12.4. The summed E-state index contributed by atoms with van der Waals surface area (Å²) >= 11 is 0. The average molecular weight is 308 g/mol. The number of hydrogen-bond donors (Lipinski definition) is 1. The molecule has 2 aromatic rings. The van der Waals surface area contributed by atoms with Crippen molar-refractivity contribution in [3.63, 3.8) is 0 Å². The Hall–Kier alpha value is -3.21. The Morgan fingerprint density at radius 2 is 1.91 bits per heavy atom. The molecule has 5 heteroatoms. The van der Waals surface area contributed by atoms with Crippen LogP contribution in [0.25, 0.3) is 11.6 Å². The van der Waals surface area contributed by atoms with E-state index in [1.165, 1.54) is 12.1 Å². The minimum absolute atomic E-state index is 0.0161. The standard InChI is InChI=1S/C18H16N2O3/c1-2-11-19-18(21)17(15-8-4-3-5-9-15)13-14-7-6-10-16(12-14)20(22)23/h2-10,12-13H,1,11H2,(H,19,21). The van der Waals surface area contributed by atoms with Crippen LogP contribution in [0.1, 0.15) is 11.1 Å². The lowest BCUT2D eigenvalue weighted by Crippen LogP contribution is -2.24. The molecule has 23 heavy (non-hydrogen) atoms. The second-order valence-corrected chi connectivity index (χ2v) is 4.77. The molecule has 0 fully saturated rings. The summed E-state index contributed by atoms with van der Waals surface area (Å²) in [6, 6.07) is 15.3. The zero-order chi connectivity index (χ0) is 16.7. The summed E-state index contributed by atoms with van der Waals surface area (Å²) in [5, 5.41) is 13.6. The van der Waals surface area contributed by atoms with Crippen molar-refractivity contribution in [3.8, 4) is 0 Å². The number of carbonyl (C=O) groups excluding carboxylic acids is 1. The maximum Gasteiger partial charge on any atom is 0.270 e. The predicted octanol–water partition coefficient (Wildman–Crippen LogP) is 3.44. The van der Waals surface area contributed by atoms with Crippen molar-refractivity contribution in [2.24, 2.45) is 0 Å². The molecule has 0 bridgehead atoms. The fourth-order valence-electron chi connectivity index (χ4n) is 2.05. The van der Waals surface area contributed by atoms with Gasteiger partial charge in [0.1, 0.15) is 0 Å². The van der Waals surface area contributed by atoms with E-state index < -0.39 is 4.92 Å². The number of non-ortho nitro benzene ring substituents is 1. The van der Waals surface area contributed by atoms with E-state index in [-0.39, 0.29) is 11.6 Å². The lowest BCUT2D eigenvalue weighted by Gasteiger charge is -2.08. The molecule has 2 rings (SSSR count). The summed E-state index contributed by atoms with van der Waals surface area (Å²) in [5.41, 5.74) is 1.75. The van der Waals surface area contributed by atoms with Crippen molar-refractivity contribution >= 4 is 23.2 Å². The van der Waals surface area contributed by atoms with Gasteiger partial charge in [-0.15, -0.1) is 6.58 Å². The summed E-state index contributed by atoms with van der Waals surface area (Å²) < 4.78 is 0. The smallest absolute Gasteiger partial charge is 0.270 e. The lowest BCUT2D eigenvalue weighted by atomic mass is 10.0. The molecule has 0 radical (unpaired) electrons. The predicted molar refractivity (Wildman–Crippen MR) is 90.6 cm³/mol. The van der Waals surface area contributed by atoms with Crippen molar-refractivity contribution in [1.82, 2.24) is 5.32 Å². The summed E-state index contributed by atoms with van der Waals surface area (Å²) in [5.74, 6) is -0.261. The number of nitro groups is 1. The molecule has 0 saturated heterocycles. The normalized spacial score (nSPS) is 10.9. The summed E-state index contributed by atoms with van der Waals surface area (Å²) in [6.45, 7) is 3.92. The number of rotatable bonds is 6. The zero-order valence-corrected chi connectivity index (χ0v) is 12.4. The molecule has 1 N–H and O–H groups in total. The second-order valence-electron chi connectivity index (χ2n) is 4.77. The molecule has 0 aliphatic carbocycles. The zero-order valence-electron chi connectivity index (χ0n) is 12.4. The molecule has 0 unspecified atom stereocenters. The molecule has 0 atom stereocenters. The van der Waals surface area contributed by atoms with Gasteiger partial charge in [0.05, 0.1) is 4.92 Å². The largest absolute Gasteiger partial charge is 0.349 e. The number of nitrogens with one attached hydrogen (secondary N) is 1. The molecule has 0 aliphatic heterocycles. The van der Waals surface area contributed by atoms with Gasteiger partial charge in [0.15, 0.2) is 0 Å². The number of carbonyl (C=O) groups is 1. The second kappa shape index (κ2) is 7.70. The van der Waals surface area contributed by atoms with Crippen molar-refractivity contribution < 1.29 is 9.72 Å². The topological polar surface area (TPSA) is 72.2 Å². The molecule has 2 aromatic carbocycles. The molecule has 116 valence electrons. The van der Waals surface area contributed by atoms with Crippen LogP contribution in [0.4, 0.5) is 5.69 Å². The number of amides is 1. The van der Waals surface area contributed by atoms with Gasteiger partial charge in [0.2, 0.25) is 0 Å². The Morgan fingerprint density at radius 1 is 1.17 bits per heavy atom. The number of nitro benzene ring substituents is 1. The molecule has 0 aromatic heterocycles. The molecule has 0 saturated carbocycles. The fraction of sp³-hybridized carbons (Fsp3) is 0.0556. The van der Waals surface area contributed by atoms with Gasteiger partial charge in [-0.1, -0.05) is 48.5 Å². The van der Waals surface area contributed by atoms with Crippen LogP contribution in [0, 0.1) is 10.1 Å². The Morgan fingerprint density at radius 3 is 2.57 bits per heavy atom. The third-order valence-electron chi connectivity index (χ3n) is 3.13. The number of nitrogens with zero attached hydrogens (tertiary/aromatic N) is 1. The highest BCUT2D eigenvalue weighted by Crippen LogP contribution is 2.21. The highest BCUT2D eigenvalue weighted by atomic mass is 16.6. The number of hydrogen-bond acceptors (Lipinski definition) is 3. The molecule has 0 heterocycles. The lowest BCUT2D eigenvalue weighted by molar-refractivity contribution is -0.384. The fourth-order valence-corrected chi connectivity index (χ4v) is 2.05. The molecular formula is C18H16N2O3. The van der Waals surface area contributed by atoms with Gasteiger partial charge >= 0.3 is 0 Å². The average Bonchev–Trinajstić information content (AvgIpc) is 2.58. The van der Waals surface area contributed by atoms with Gasteiger partial charge in [-0.25, -0.2) is 0 Å². The van der Waals surface area contributed by atoms with Crippen molar-refractivity contribution in [2.75, 3.05) is 6.54 Å². The van der Waals surface area contributed by atoms with Crippen LogP contribution in [0.5, 0.6) is 0 Å². The number of benzene rings is 2. The van der Waals surface area contributed by atoms with E-state index in [2.05, 4.69) is 11.9 Å². The molecule has 0 spiro atoms. The first-order valence-corrected chi connectivity index (χ1v) is 7.02. The van der Waals surface area contributed by atoms with E-state index in [0.29, 0.717) is 17.7 Å². The third kappa shape index (κ3) is 4.38. The van der Waals surface area contributed by atoms with E-state index in [0.717, 1.165) is 5.56 Å². The minimum atomic E-state index is -0.461. The Balaban J connectivity index is 2.44. The van der Waals surface area contributed by atoms with Crippen LogP contribution in [0.3, 0.4) is 0 Å². The van der Waals surface area contributed by atoms with Crippen LogP contribution in [0.15, 0.2) is 67.3 Å². The first kappa shape index (κ1) is 16.2. The third-order valence-corrected chi connectivity index (χ3v) is 3.13. The van der Waals surface area contributed by atoms with E-state index in [9.17, 15) is 14.9 Å². The summed E-state index contributed by atoms with van der Waals surface area (Å²) in [6.07, 6.45) is 3.23. The Kier molecular flexibility index (Phi) is 5.41. The van der Waals surface area contributed by atoms with E-state index in [1.807, 2.05) is 30.3 Å². The molecule has 5 nitrogen and oxygen atoms in total. The highest BCUT2D eigenvalue weighted by molar-refractivity contribution is 6.24. The van der Waals surface area contributed by atoms with Crippen LogP contribution < -0.4 is 5.32 Å². The maximum atomic E-state index is 12.4. The first-order valence-electron chi connectivity index (χ1n) is 7.02. The van der Waals surface area contributed by atoms with Crippen LogP contribution in [-0.4, -0.2) is 17.4 Å². The molecular weight excluding hydrogens is 292 g/mol. The Bertz CT molecular complexity index is 752. The molecule has 0 aliphatic rings. The highest BCUT2D eigenvalue weighted by Gasteiger charge is 2.12. The van der Waals surface area contributed by atoms with Crippen LogP contribution >= 0.6 is 0 Å². The molecule has 1 amide bonds. The Labute approximate surface area is 134 Å². The van der Waals surface area contributed by atoms with Gasteiger partial charge in [-0.3, -0.25) is 14.9 Å². The SMILES string of the molecule is C=CCNC(=O)C(=Cc1cccc([N+](=O)[O-])c1)c1ccccc1. The van der Waals surface area contributed by atoms with Gasteiger partial charge in [0.25, 0.3) is 11.6 Å². The van der Waals surface area contributed by atoms with Crippen molar-refractivity contribution in [3.05, 3.63) is 88.5 Å². The van der Waals surface area contributed by atoms with Crippen LogP contribution in [-0.2, 0) is 4.79 Å². The van der Waals surface area contributed by atoms with E-state index in [1.54, 1.807) is 24.3 Å².